The Labute approximate surface area is 161 Å². The molecule has 0 radical (unpaired) electrons. The van der Waals surface area contributed by atoms with Gasteiger partial charge in [-0.3, -0.25) is 14.6 Å². The Balaban J connectivity index is 1.94. The quantitative estimate of drug-likeness (QED) is 0.545. The summed E-state index contributed by atoms with van der Waals surface area (Å²) in [6, 6.07) is -0.902. The molecule has 0 bridgehead atoms. The molecule has 8 heteroatoms. The third-order valence-corrected chi connectivity index (χ3v) is 5.39. The molecule has 0 aromatic rings. The van der Waals surface area contributed by atoms with Gasteiger partial charge >= 0.3 is 12.0 Å². The van der Waals surface area contributed by atoms with Crippen molar-refractivity contribution >= 4 is 29.4 Å². The van der Waals surface area contributed by atoms with Crippen molar-refractivity contribution in [1.82, 2.24) is 14.8 Å². The number of nitrogens with zero attached hydrogens (tertiary/aromatic N) is 6. The van der Waals surface area contributed by atoms with Gasteiger partial charge in [0, 0.05) is 19.5 Å². The number of fused-ring (bicyclic) bond motifs is 2. The van der Waals surface area contributed by atoms with E-state index >= 15 is 0 Å². The van der Waals surface area contributed by atoms with Crippen LogP contribution in [0.5, 0.6) is 0 Å². The molecule has 3 amide bonds. The van der Waals surface area contributed by atoms with E-state index in [9.17, 15) is 9.59 Å². The second-order valence-electron chi connectivity index (χ2n) is 8.52. The fourth-order valence-electron chi connectivity index (χ4n) is 3.56. The number of aliphatic imine (C=N–C) groups is 1. The van der Waals surface area contributed by atoms with Crippen molar-refractivity contribution in [3.63, 3.8) is 0 Å². The maximum absolute atomic E-state index is 12.9. The number of urea groups is 1. The van der Waals surface area contributed by atoms with E-state index in [2.05, 4.69) is 32.7 Å². The number of unbranched alkanes of at least 4 members (excludes halogenated alkanes) is 3. The molecule has 0 aliphatic carbocycles. The molecule has 3 rings (SSSR count). The number of carbonyl (C=O) groups is 2. The molecule has 148 valence electrons. The zero-order chi connectivity index (χ0) is 19.9. The molecular formula is C19H31N6O2+. The van der Waals surface area contributed by atoms with E-state index in [1.165, 1.54) is 29.7 Å². The van der Waals surface area contributed by atoms with Gasteiger partial charge in [-0.15, -0.1) is 10.1 Å². The number of amides is 3. The monoisotopic (exact) mass is 375 g/mol. The molecule has 3 aliphatic rings. The highest BCUT2D eigenvalue weighted by molar-refractivity contribution is 6.23. The van der Waals surface area contributed by atoms with Crippen molar-refractivity contribution < 1.29 is 14.2 Å². The Kier molecular flexibility index (Phi) is 5.10. The van der Waals surface area contributed by atoms with Crippen molar-refractivity contribution in [2.24, 2.45) is 15.5 Å². The lowest BCUT2D eigenvalue weighted by molar-refractivity contribution is -0.528. The van der Waals surface area contributed by atoms with Gasteiger partial charge in [-0.1, -0.05) is 51.9 Å². The minimum atomic E-state index is -0.557. The van der Waals surface area contributed by atoms with E-state index in [0.29, 0.717) is 18.3 Å². The SMILES string of the molecule is CCCCCCN1N=C(C(C)(C)C)C[N+]2=C1N=C1C2C(=O)N(C)C(=O)N1C. The van der Waals surface area contributed by atoms with Gasteiger partial charge in [0.1, 0.15) is 6.54 Å². The Morgan fingerprint density at radius 3 is 2.44 bits per heavy atom. The number of likely N-dealkylation sites (N-methyl/N-ethyl adjacent to an activating group) is 2. The lowest BCUT2D eigenvalue weighted by atomic mass is 9.89. The number of guanidine groups is 1. The summed E-state index contributed by atoms with van der Waals surface area (Å²) in [6.07, 6.45) is 4.53. The lowest BCUT2D eigenvalue weighted by Gasteiger charge is -2.33. The number of rotatable bonds is 5. The van der Waals surface area contributed by atoms with E-state index in [0.717, 1.165) is 25.1 Å². The van der Waals surface area contributed by atoms with Crippen LogP contribution in [0.4, 0.5) is 4.79 Å². The van der Waals surface area contributed by atoms with Gasteiger partial charge < -0.3 is 0 Å². The maximum atomic E-state index is 12.9. The van der Waals surface area contributed by atoms with Crippen LogP contribution >= 0.6 is 0 Å². The van der Waals surface area contributed by atoms with E-state index in [1.54, 1.807) is 7.05 Å². The van der Waals surface area contributed by atoms with Crippen molar-refractivity contribution in [3.05, 3.63) is 0 Å². The largest absolute Gasteiger partial charge is 0.416 e. The molecular weight excluding hydrogens is 344 g/mol. The minimum absolute atomic E-state index is 0.110. The molecule has 1 atom stereocenters. The first-order valence-corrected chi connectivity index (χ1v) is 9.79. The summed E-state index contributed by atoms with van der Waals surface area (Å²) in [6.45, 7) is 9.90. The summed E-state index contributed by atoms with van der Waals surface area (Å²) in [5.41, 5.74) is 0.912. The summed E-state index contributed by atoms with van der Waals surface area (Å²) < 4.78 is 2.00. The van der Waals surface area contributed by atoms with Crippen LogP contribution in [0.3, 0.4) is 0 Å². The van der Waals surface area contributed by atoms with E-state index in [4.69, 9.17) is 5.10 Å². The van der Waals surface area contributed by atoms with Gasteiger partial charge in [0.25, 0.3) is 5.91 Å². The van der Waals surface area contributed by atoms with Crippen LogP contribution in [0, 0.1) is 5.41 Å². The van der Waals surface area contributed by atoms with Crippen LogP contribution in [-0.4, -0.2) is 82.1 Å². The van der Waals surface area contributed by atoms with E-state index < -0.39 is 6.04 Å². The summed E-state index contributed by atoms with van der Waals surface area (Å²) in [7, 11) is 3.20. The summed E-state index contributed by atoms with van der Waals surface area (Å²) in [5.74, 6) is 0.956. The molecule has 0 spiro atoms. The highest BCUT2D eigenvalue weighted by Gasteiger charge is 2.54. The highest BCUT2D eigenvalue weighted by atomic mass is 16.2. The van der Waals surface area contributed by atoms with Crippen molar-refractivity contribution in [2.45, 2.75) is 59.4 Å². The van der Waals surface area contributed by atoms with Gasteiger partial charge in [-0.2, -0.15) is 0 Å². The molecule has 8 nitrogen and oxygen atoms in total. The zero-order valence-electron chi connectivity index (χ0n) is 17.3. The van der Waals surface area contributed by atoms with Gasteiger partial charge in [-0.05, 0) is 6.42 Å². The average molecular weight is 375 g/mol. The van der Waals surface area contributed by atoms with Crippen LogP contribution in [0.2, 0.25) is 0 Å². The van der Waals surface area contributed by atoms with Crippen molar-refractivity contribution in [2.75, 3.05) is 27.2 Å². The lowest BCUT2D eigenvalue weighted by Crippen LogP contribution is -2.62. The zero-order valence-corrected chi connectivity index (χ0v) is 17.3. The molecule has 0 saturated carbocycles. The standard InChI is InChI=1S/C19H31N6O2/c1-7-8-9-10-11-25-17-20-15-14(16(26)23(6)18(27)22(15)5)24(17)12-13(21-25)19(2,3)4/h14H,7-12H2,1-6H3/q+1. The first-order chi connectivity index (χ1) is 12.7. The molecule has 1 unspecified atom stereocenters. The molecule has 0 aromatic heterocycles. The van der Waals surface area contributed by atoms with Crippen LogP contribution in [0.1, 0.15) is 53.4 Å². The third kappa shape index (κ3) is 3.37. The fraction of sp³-hybridized carbons (Fsp3) is 0.737. The Bertz CT molecular complexity index is 746. The van der Waals surface area contributed by atoms with Gasteiger partial charge in [0.15, 0.2) is 0 Å². The predicted molar refractivity (Wildman–Crippen MR) is 105 cm³/mol. The van der Waals surface area contributed by atoms with Crippen LogP contribution < -0.4 is 0 Å². The van der Waals surface area contributed by atoms with E-state index in [1.807, 2.05) is 9.58 Å². The molecule has 3 aliphatic heterocycles. The topological polar surface area (TPSA) is 71.6 Å². The van der Waals surface area contributed by atoms with Crippen molar-refractivity contribution in [1.29, 1.82) is 0 Å². The smallest absolute Gasteiger partial charge is 0.270 e. The number of hydrogen-bond donors (Lipinski definition) is 0. The van der Waals surface area contributed by atoms with Gasteiger partial charge in [0.05, 0.1) is 12.3 Å². The number of hydrazone groups is 1. The predicted octanol–water partition coefficient (Wildman–Crippen LogP) is 1.96. The van der Waals surface area contributed by atoms with E-state index in [-0.39, 0.29) is 17.4 Å². The summed E-state index contributed by atoms with van der Waals surface area (Å²) >= 11 is 0. The van der Waals surface area contributed by atoms with Gasteiger partial charge in [-0.25, -0.2) is 9.37 Å². The second-order valence-corrected chi connectivity index (χ2v) is 8.52. The number of amidine groups is 1. The second kappa shape index (κ2) is 7.05. The van der Waals surface area contributed by atoms with Crippen LogP contribution in [-0.2, 0) is 4.79 Å². The molecule has 1 saturated heterocycles. The maximum Gasteiger partial charge on any atom is 0.416 e. The fourth-order valence-corrected chi connectivity index (χ4v) is 3.56. The molecule has 1 fully saturated rings. The first kappa shape index (κ1) is 19.5. The molecule has 0 N–H and O–H groups in total. The number of imide groups is 1. The third-order valence-electron chi connectivity index (χ3n) is 5.39. The number of carbonyl (C=O) groups excluding carboxylic acids is 2. The van der Waals surface area contributed by atoms with Crippen molar-refractivity contribution in [3.8, 4) is 0 Å². The first-order valence-electron chi connectivity index (χ1n) is 9.79. The Morgan fingerprint density at radius 1 is 1.11 bits per heavy atom. The molecule has 3 heterocycles. The van der Waals surface area contributed by atoms with Crippen LogP contribution in [0.25, 0.3) is 0 Å². The normalized spacial score (nSPS) is 22.9. The number of hydrogen-bond acceptors (Lipinski definition) is 5. The molecule has 0 aromatic carbocycles. The summed E-state index contributed by atoms with van der Waals surface area (Å²) in [5, 5.41) is 6.80. The average Bonchev–Trinajstić information content (AvgIpc) is 3.00. The Hall–Kier alpha value is -2.25. The van der Waals surface area contributed by atoms with Crippen LogP contribution in [0.15, 0.2) is 10.1 Å². The summed E-state index contributed by atoms with van der Waals surface area (Å²) in [4.78, 5) is 32.5. The molecule has 27 heavy (non-hydrogen) atoms. The minimum Gasteiger partial charge on any atom is -0.270 e. The highest BCUT2D eigenvalue weighted by Crippen LogP contribution is 2.26. The Morgan fingerprint density at radius 2 is 1.81 bits per heavy atom. The van der Waals surface area contributed by atoms with Gasteiger partial charge in [0.2, 0.25) is 11.9 Å².